The third-order valence-electron chi connectivity index (χ3n) is 2.79. The van der Waals surface area contributed by atoms with Crippen molar-refractivity contribution in [2.75, 3.05) is 11.9 Å². The molecule has 2 nitrogen and oxygen atoms in total. The molecule has 2 aromatic rings. The molecule has 0 atom stereocenters. The van der Waals surface area contributed by atoms with Gasteiger partial charge in [-0.2, -0.15) is 0 Å². The Morgan fingerprint density at radius 3 is 2.58 bits per heavy atom. The molecule has 0 saturated carbocycles. The topological polar surface area (TPSA) is 29.3 Å². The lowest BCUT2D eigenvalue weighted by atomic mass is 10.2. The van der Waals surface area contributed by atoms with Crippen LogP contribution >= 0.6 is 28.1 Å². The zero-order valence-electron chi connectivity index (χ0n) is 10.2. The van der Waals surface area contributed by atoms with Gasteiger partial charge in [-0.05, 0) is 52.3 Å². The lowest BCUT2D eigenvalue weighted by molar-refractivity contribution is 0.628. The maximum Gasteiger partial charge on any atom is 0.125 e. The molecule has 0 heterocycles. The Hall–Kier alpha value is -1.46. The Bertz CT molecular complexity index is 631. The van der Waals surface area contributed by atoms with E-state index in [1.807, 2.05) is 36.2 Å². The lowest BCUT2D eigenvalue weighted by Gasteiger charge is -2.21. The monoisotopic (exact) mass is 338 g/mol. The van der Waals surface area contributed by atoms with Crippen LogP contribution in [0.4, 0.5) is 15.8 Å². The minimum absolute atomic E-state index is 0.264. The van der Waals surface area contributed by atoms with Crippen LogP contribution in [0.1, 0.15) is 5.56 Å². The summed E-state index contributed by atoms with van der Waals surface area (Å²) >= 11 is 8.42. The molecule has 0 amide bonds. The van der Waals surface area contributed by atoms with Gasteiger partial charge in [0, 0.05) is 22.8 Å². The first-order valence-electron chi connectivity index (χ1n) is 5.57. The minimum atomic E-state index is -0.264. The average molecular weight is 339 g/mol. The van der Waals surface area contributed by atoms with Crippen molar-refractivity contribution in [1.82, 2.24) is 0 Å². The summed E-state index contributed by atoms with van der Waals surface area (Å²) in [5, 5.41) is 0. The van der Waals surface area contributed by atoms with E-state index in [-0.39, 0.29) is 5.82 Å². The van der Waals surface area contributed by atoms with Crippen LogP contribution in [-0.2, 0) is 0 Å². The third kappa shape index (κ3) is 3.11. The molecule has 2 rings (SSSR count). The number of anilines is 2. The number of hydrogen-bond donors (Lipinski definition) is 1. The van der Waals surface area contributed by atoms with Crippen LogP contribution in [0.15, 0.2) is 46.9 Å². The summed E-state index contributed by atoms with van der Waals surface area (Å²) in [6.07, 6.45) is 0. The Balaban J connectivity index is 2.39. The molecular weight excluding hydrogens is 327 g/mol. The second kappa shape index (κ2) is 5.67. The highest BCUT2D eigenvalue weighted by Gasteiger charge is 2.10. The summed E-state index contributed by atoms with van der Waals surface area (Å²) in [4.78, 5) is 2.23. The molecule has 0 unspecified atom stereocenters. The summed E-state index contributed by atoms with van der Waals surface area (Å²) in [6, 6.07) is 12.0. The van der Waals surface area contributed by atoms with Crippen LogP contribution < -0.4 is 10.6 Å². The highest BCUT2D eigenvalue weighted by Crippen LogP contribution is 2.31. The Morgan fingerprint density at radius 1 is 1.26 bits per heavy atom. The van der Waals surface area contributed by atoms with Crippen molar-refractivity contribution in [3.8, 4) is 0 Å². The van der Waals surface area contributed by atoms with Crippen LogP contribution in [0.25, 0.3) is 0 Å². The normalized spacial score (nSPS) is 10.3. The quantitative estimate of drug-likeness (QED) is 0.858. The van der Waals surface area contributed by atoms with Crippen molar-refractivity contribution in [3.63, 3.8) is 0 Å². The number of benzene rings is 2. The van der Waals surface area contributed by atoms with Gasteiger partial charge in [0.1, 0.15) is 10.8 Å². The molecule has 2 N–H and O–H groups in total. The first-order chi connectivity index (χ1) is 8.99. The Morgan fingerprint density at radius 2 is 2.00 bits per heavy atom. The second-order valence-corrected chi connectivity index (χ2v) is 5.36. The fourth-order valence-electron chi connectivity index (χ4n) is 1.76. The number of hydrogen-bond acceptors (Lipinski definition) is 2. The Kier molecular flexibility index (Phi) is 4.17. The molecule has 5 heteroatoms. The molecule has 0 aromatic heterocycles. The number of nitrogens with zero attached hydrogens (tertiary/aromatic N) is 1. The summed E-state index contributed by atoms with van der Waals surface area (Å²) < 4.78 is 14.1. The van der Waals surface area contributed by atoms with E-state index in [9.17, 15) is 4.39 Å². The van der Waals surface area contributed by atoms with Crippen molar-refractivity contribution >= 4 is 44.5 Å². The predicted molar refractivity (Wildman–Crippen MR) is 84.5 cm³/mol. The van der Waals surface area contributed by atoms with Gasteiger partial charge < -0.3 is 10.6 Å². The van der Waals surface area contributed by atoms with E-state index in [1.165, 1.54) is 12.1 Å². The largest absolute Gasteiger partial charge is 0.389 e. The summed E-state index contributed by atoms with van der Waals surface area (Å²) in [5.41, 5.74) is 8.05. The summed E-state index contributed by atoms with van der Waals surface area (Å²) in [5.74, 6) is -0.264. The fourth-order valence-corrected chi connectivity index (χ4v) is 2.53. The second-order valence-electron chi connectivity index (χ2n) is 4.07. The van der Waals surface area contributed by atoms with Gasteiger partial charge in [-0.25, -0.2) is 4.39 Å². The van der Waals surface area contributed by atoms with Crippen molar-refractivity contribution in [2.45, 2.75) is 0 Å². The fraction of sp³-hybridized carbons (Fsp3) is 0.0714. The first kappa shape index (κ1) is 14.0. The van der Waals surface area contributed by atoms with Crippen LogP contribution in [0.2, 0.25) is 0 Å². The van der Waals surface area contributed by atoms with Gasteiger partial charge in [0.25, 0.3) is 0 Å². The molecule has 0 radical (unpaired) electrons. The molecule has 0 aliphatic rings. The smallest absolute Gasteiger partial charge is 0.125 e. The number of thiocarbonyl (C=S) groups is 1. The standard InChI is InChI=1S/C14H12BrFN2S/c1-18(11-4-2-3-10(16)8-11)13-6-5-9(14(17)19)7-12(13)15/h2-8H,1H3,(H2,17,19). The van der Waals surface area contributed by atoms with E-state index in [1.54, 1.807) is 6.07 Å². The predicted octanol–water partition coefficient (Wildman–Crippen LogP) is 3.99. The first-order valence-corrected chi connectivity index (χ1v) is 6.78. The van der Waals surface area contributed by atoms with Gasteiger partial charge in [0.05, 0.1) is 5.69 Å². The number of nitrogens with two attached hydrogens (primary N) is 1. The van der Waals surface area contributed by atoms with Crippen molar-refractivity contribution in [1.29, 1.82) is 0 Å². The number of halogens is 2. The van der Waals surface area contributed by atoms with Gasteiger partial charge in [0.2, 0.25) is 0 Å². The van der Waals surface area contributed by atoms with Gasteiger partial charge >= 0.3 is 0 Å². The van der Waals surface area contributed by atoms with Crippen LogP contribution in [0, 0.1) is 5.82 Å². The summed E-state index contributed by atoms with van der Waals surface area (Å²) in [6.45, 7) is 0. The molecule has 0 fully saturated rings. The average Bonchev–Trinajstić information content (AvgIpc) is 2.37. The maximum atomic E-state index is 13.2. The molecule has 0 spiro atoms. The molecule has 2 aromatic carbocycles. The molecular formula is C14H12BrFN2S. The van der Waals surface area contributed by atoms with E-state index in [4.69, 9.17) is 18.0 Å². The zero-order valence-corrected chi connectivity index (χ0v) is 12.6. The Labute approximate surface area is 125 Å². The van der Waals surface area contributed by atoms with Crippen molar-refractivity contribution in [2.24, 2.45) is 5.73 Å². The van der Waals surface area contributed by atoms with E-state index in [2.05, 4.69) is 15.9 Å². The van der Waals surface area contributed by atoms with Crippen molar-refractivity contribution in [3.05, 3.63) is 58.3 Å². The van der Waals surface area contributed by atoms with Crippen LogP contribution in [0.5, 0.6) is 0 Å². The van der Waals surface area contributed by atoms with Gasteiger partial charge in [-0.3, -0.25) is 0 Å². The van der Waals surface area contributed by atoms with E-state index < -0.39 is 0 Å². The maximum absolute atomic E-state index is 13.2. The van der Waals surface area contributed by atoms with Gasteiger partial charge in [0.15, 0.2) is 0 Å². The van der Waals surface area contributed by atoms with E-state index in [0.29, 0.717) is 4.99 Å². The van der Waals surface area contributed by atoms with E-state index >= 15 is 0 Å². The SMILES string of the molecule is CN(c1cccc(F)c1)c1ccc(C(N)=S)cc1Br. The van der Waals surface area contributed by atoms with Gasteiger partial charge in [-0.1, -0.05) is 18.3 Å². The highest BCUT2D eigenvalue weighted by atomic mass is 79.9. The number of rotatable bonds is 3. The molecule has 0 bridgehead atoms. The molecule has 0 aliphatic carbocycles. The zero-order chi connectivity index (χ0) is 14.0. The molecule has 19 heavy (non-hydrogen) atoms. The molecule has 0 aliphatic heterocycles. The summed E-state index contributed by atoms with van der Waals surface area (Å²) in [7, 11) is 1.87. The van der Waals surface area contributed by atoms with E-state index in [0.717, 1.165) is 21.4 Å². The minimum Gasteiger partial charge on any atom is -0.389 e. The van der Waals surface area contributed by atoms with Crippen molar-refractivity contribution < 1.29 is 4.39 Å². The van der Waals surface area contributed by atoms with Crippen LogP contribution in [0.3, 0.4) is 0 Å². The lowest BCUT2D eigenvalue weighted by Crippen LogP contribution is -2.12. The highest BCUT2D eigenvalue weighted by molar-refractivity contribution is 9.10. The molecule has 98 valence electrons. The van der Waals surface area contributed by atoms with Crippen LogP contribution in [-0.4, -0.2) is 12.0 Å². The van der Waals surface area contributed by atoms with Gasteiger partial charge in [-0.15, -0.1) is 0 Å². The molecule has 0 saturated heterocycles. The third-order valence-corrected chi connectivity index (χ3v) is 3.66.